The number of nitrogens with zero attached hydrogens (tertiary/aromatic N) is 2. The lowest BCUT2D eigenvalue weighted by Gasteiger charge is -2.29. The van der Waals surface area contributed by atoms with Gasteiger partial charge in [0, 0.05) is 37.2 Å². The van der Waals surface area contributed by atoms with Crippen molar-refractivity contribution in [3.63, 3.8) is 0 Å². The normalized spacial score (nSPS) is 29.7. The molecule has 38 heavy (non-hydrogen) atoms. The summed E-state index contributed by atoms with van der Waals surface area (Å²) in [5.74, 6) is -1.79. The lowest BCUT2D eigenvalue weighted by Crippen LogP contribution is -2.44. The number of cyclic esters (lactones) is 1. The molecular weight excluding hydrogens is 509 g/mol. The van der Waals surface area contributed by atoms with E-state index in [0.29, 0.717) is 30.0 Å². The number of carbonyl (C=O) groups excluding carboxylic acids is 4. The topological polar surface area (TPSA) is 106 Å². The van der Waals surface area contributed by atoms with Gasteiger partial charge in [0.05, 0.1) is 5.01 Å². The number of nitrogens with one attached hydrogen (secondary N) is 1. The predicted molar refractivity (Wildman–Crippen MR) is 143 cm³/mol. The molecule has 1 saturated heterocycles. The van der Waals surface area contributed by atoms with Gasteiger partial charge < -0.3 is 15.0 Å². The van der Waals surface area contributed by atoms with Gasteiger partial charge in [0.2, 0.25) is 5.91 Å². The third-order valence-electron chi connectivity index (χ3n) is 6.52. The van der Waals surface area contributed by atoms with Crippen LogP contribution in [0.1, 0.15) is 62.5 Å². The second-order valence-corrected chi connectivity index (χ2v) is 11.1. The van der Waals surface area contributed by atoms with Crippen LogP contribution in [-0.2, 0) is 25.5 Å². The second-order valence-electron chi connectivity index (χ2n) is 10.2. The van der Waals surface area contributed by atoms with E-state index in [0.717, 1.165) is 11.3 Å². The van der Waals surface area contributed by atoms with E-state index in [4.69, 9.17) is 4.74 Å². The second kappa shape index (κ2) is 13.6. The molecule has 1 fully saturated rings. The molecule has 10 heteroatoms. The van der Waals surface area contributed by atoms with Gasteiger partial charge in [-0.15, -0.1) is 11.3 Å². The number of alkyl halides is 1. The van der Waals surface area contributed by atoms with Crippen LogP contribution in [0.3, 0.4) is 0 Å². The Balaban J connectivity index is 1.85. The molecular formula is C28H36FN3O5S. The third kappa shape index (κ3) is 8.18. The van der Waals surface area contributed by atoms with Gasteiger partial charge in [-0.05, 0) is 43.4 Å². The van der Waals surface area contributed by atoms with E-state index in [1.165, 1.54) is 17.1 Å². The average molecular weight is 546 g/mol. The Bertz CT molecular complexity index is 1130. The number of ether oxygens (including phenoxy) is 1. The molecule has 0 radical (unpaired) electrons. The highest BCUT2D eigenvalue weighted by Gasteiger charge is 2.38. The summed E-state index contributed by atoms with van der Waals surface area (Å²) in [6, 6.07) is -0.733. The Morgan fingerprint density at radius 3 is 2.68 bits per heavy atom. The molecule has 2 aliphatic rings. The van der Waals surface area contributed by atoms with Gasteiger partial charge in [0.1, 0.15) is 24.0 Å². The smallest absolute Gasteiger partial charge is 0.329 e. The number of esters is 1. The first-order valence-corrected chi connectivity index (χ1v) is 13.9. The van der Waals surface area contributed by atoms with Crippen LogP contribution < -0.4 is 5.32 Å². The van der Waals surface area contributed by atoms with Gasteiger partial charge in [-0.3, -0.25) is 14.4 Å². The summed E-state index contributed by atoms with van der Waals surface area (Å²) in [4.78, 5) is 56.7. The van der Waals surface area contributed by atoms with Crippen molar-refractivity contribution in [3.8, 4) is 0 Å². The average Bonchev–Trinajstić information content (AvgIpc) is 3.52. The van der Waals surface area contributed by atoms with Crippen LogP contribution in [0.25, 0.3) is 0 Å². The van der Waals surface area contributed by atoms with Crippen molar-refractivity contribution in [2.45, 2.75) is 71.7 Å². The van der Waals surface area contributed by atoms with Crippen LogP contribution in [0.4, 0.5) is 4.39 Å². The van der Waals surface area contributed by atoms with Crippen LogP contribution in [0.5, 0.6) is 0 Å². The standard InChI is InChI=1S/C28H36FN3O5S/c1-17(2)26-19(4)9-10-24(34)30-11-5-7-18(3)13-21(33)14-20(29)15-25-31-22(16-38-25)27(35)32-12-6-8-23(32)28(36)37-26/h5,7,9-10,13,16-17,19-20,23,26H,6,8,11-12,14-15H2,1-4H3,(H,30,34)/b7-5+,10-9+,18-13+/t19-,20-,23-,26-/m1/s1. The Labute approximate surface area is 227 Å². The number of fused-ring (bicyclic) bond motifs is 3. The highest BCUT2D eigenvalue weighted by Crippen LogP contribution is 2.26. The number of hydrogen-bond acceptors (Lipinski definition) is 7. The zero-order valence-electron chi connectivity index (χ0n) is 22.3. The monoisotopic (exact) mass is 545 g/mol. The van der Waals surface area contributed by atoms with Crippen molar-refractivity contribution in [1.29, 1.82) is 0 Å². The van der Waals surface area contributed by atoms with E-state index < -0.39 is 30.2 Å². The van der Waals surface area contributed by atoms with E-state index >= 15 is 0 Å². The number of ketones is 1. The van der Waals surface area contributed by atoms with Gasteiger partial charge >= 0.3 is 5.97 Å². The number of thiazole rings is 1. The van der Waals surface area contributed by atoms with E-state index in [2.05, 4.69) is 10.3 Å². The largest absolute Gasteiger partial charge is 0.460 e. The minimum atomic E-state index is -1.44. The lowest BCUT2D eigenvalue weighted by atomic mass is 9.94. The summed E-state index contributed by atoms with van der Waals surface area (Å²) in [7, 11) is 0. The molecule has 0 spiro atoms. The zero-order valence-corrected chi connectivity index (χ0v) is 23.1. The fourth-order valence-corrected chi connectivity index (χ4v) is 5.45. The summed E-state index contributed by atoms with van der Waals surface area (Å²) >= 11 is 1.16. The van der Waals surface area contributed by atoms with Crippen LogP contribution >= 0.6 is 11.3 Å². The van der Waals surface area contributed by atoms with Crippen molar-refractivity contribution in [1.82, 2.24) is 15.2 Å². The Morgan fingerprint density at radius 1 is 1.18 bits per heavy atom. The number of amides is 2. The van der Waals surface area contributed by atoms with Gasteiger partial charge in [-0.25, -0.2) is 14.2 Å². The molecule has 3 heterocycles. The quantitative estimate of drug-likeness (QED) is 0.535. The van der Waals surface area contributed by atoms with Gasteiger partial charge in [0.15, 0.2) is 5.78 Å². The molecule has 0 aromatic carbocycles. The van der Waals surface area contributed by atoms with Crippen LogP contribution in [0.2, 0.25) is 0 Å². The molecule has 0 aliphatic carbocycles. The van der Waals surface area contributed by atoms with Crippen LogP contribution in [-0.4, -0.2) is 64.9 Å². The molecule has 1 N–H and O–H groups in total. The maximum absolute atomic E-state index is 14.6. The number of halogens is 1. The van der Waals surface area contributed by atoms with Crippen molar-refractivity contribution in [3.05, 3.63) is 52.0 Å². The first-order chi connectivity index (χ1) is 18.0. The summed E-state index contributed by atoms with van der Waals surface area (Å²) in [6.45, 7) is 8.13. The Hall–Kier alpha value is -3.14. The molecule has 8 nitrogen and oxygen atoms in total. The molecule has 3 rings (SSSR count). The molecule has 2 amide bonds. The van der Waals surface area contributed by atoms with E-state index in [1.54, 1.807) is 30.5 Å². The summed E-state index contributed by atoms with van der Waals surface area (Å²) in [5.41, 5.74) is 0.799. The molecule has 1 aromatic heterocycles. The molecule has 0 saturated carbocycles. The Morgan fingerprint density at radius 2 is 1.95 bits per heavy atom. The summed E-state index contributed by atoms with van der Waals surface area (Å²) in [6.07, 6.45) is 6.71. The van der Waals surface area contributed by atoms with Crippen LogP contribution in [0, 0.1) is 11.8 Å². The molecule has 2 aliphatic heterocycles. The van der Waals surface area contributed by atoms with Crippen molar-refractivity contribution in [2.75, 3.05) is 13.1 Å². The molecule has 4 atom stereocenters. The fraction of sp³-hybridized carbons (Fsp3) is 0.536. The van der Waals surface area contributed by atoms with Crippen molar-refractivity contribution >= 4 is 34.9 Å². The van der Waals surface area contributed by atoms with Gasteiger partial charge in [0.25, 0.3) is 5.91 Å². The number of hydrogen-bond donors (Lipinski definition) is 1. The maximum Gasteiger partial charge on any atom is 0.329 e. The third-order valence-corrected chi connectivity index (χ3v) is 7.39. The first kappa shape index (κ1) is 29.4. The summed E-state index contributed by atoms with van der Waals surface area (Å²) < 4.78 is 20.5. The zero-order chi connectivity index (χ0) is 27.8. The highest BCUT2D eigenvalue weighted by molar-refractivity contribution is 7.09. The number of rotatable bonds is 1. The van der Waals surface area contributed by atoms with Crippen LogP contribution in [0.15, 0.2) is 41.3 Å². The SMILES string of the molecule is CC1=C\C(=O)C[C@@H](F)Cc2nc(cs2)C(=O)N2CCC[C@@H]2C(=O)O[C@H](C(C)C)[C@H](C)/C=C/C(=O)NC\C=C\1. The maximum atomic E-state index is 14.6. The highest BCUT2D eigenvalue weighted by atomic mass is 32.1. The van der Waals surface area contributed by atoms with Crippen molar-refractivity contribution < 1.29 is 28.3 Å². The Kier molecular flexibility index (Phi) is 10.5. The first-order valence-electron chi connectivity index (χ1n) is 13.0. The molecule has 1 aromatic rings. The van der Waals surface area contributed by atoms with E-state index in [-0.39, 0.29) is 48.6 Å². The number of allylic oxidation sites excluding steroid dienone is 3. The van der Waals surface area contributed by atoms with Crippen molar-refractivity contribution in [2.24, 2.45) is 11.8 Å². The lowest BCUT2D eigenvalue weighted by molar-refractivity contribution is -0.158. The summed E-state index contributed by atoms with van der Waals surface area (Å²) in [5, 5.41) is 4.72. The van der Waals surface area contributed by atoms with E-state index in [1.807, 2.05) is 20.8 Å². The fourth-order valence-electron chi connectivity index (χ4n) is 4.62. The molecule has 206 valence electrons. The van der Waals surface area contributed by atoms with Gasteiger partial charge in [-0.1, -0.05) is 39.0 Å². The minimum Gasteiger partial charge on any atom is -0.460 e. The number of aromatic nitrogens is 1. The minimum absolute atomic E-state index is 0.0168. The predicted octanol–water partition coefficient (Wildman–Crippen LogP) is 3.98. The molecule has 0 unspecified atom stereocenters. The number of carbonyl (C=O) groups is 4. The van der Waals surface area contributed by atoms with E-state index in [9.17, 15) is 23.6 Å². The molecule has 2 bridgehead atoms. The van der Waals surface area contributed by atoms with Gasteiger partial charge in [-0.2, -0.15) is 0 Å².